The largest absolute Gasteiger partial charge is 0.505 e. The van der Waals surface area contributed by atoms with E-state index >= 15 is 0 Å². The molecule has 0 spiro atoms. The number of halogens is 3. The monoisotopic (exact) mass is 478 g/mol. The normalized spacial score (nSPS) is 14.7. The Balaban J connectivity index is 1.98. The van der Waals surface area contributed by atoms with E-state index in [4.69, 9.17) is 23.2 Å². The number of phenols is 1. The van der Waals surface area contributed by atoms with Crippen molar-refractivity contribution in [2.75, 3.05) is 16.2 Å². The molecule has 1 amide bonds. The summed E-state index contributed by atoms with van der Waals surface area (Å²) in [6.07, 6.45) is 1.18. The van der Waals surface area contributed by atoms with Gasteiger partial charge in [-0.1, -0.05) is 39.1 Å². The third-order valence-corrected chi connectivity index (χ3v) is 6.16. The summed E-state index contributed by atoms with van der Waals surface area (Å²) < 4.78 is 28.1. The Morgan fingerprint density at radius 2 is 1.88 bits per heavy atom. The van der Waals surface area contributed by atoms with E-state index in [0.29, 0.717) is 23.1 Å². The zero-order chi connectivity index (χ0) is 19.1. The molecule has 0 aliphatic carbocycles. The zero-order valence-corrected chi connectivity index (χ0v) is 17.1. The van der Waals surface area contributed by atoms with Crippen molar-refractivity contribution in [3.63, 3.8) is 0 Å². The fourth-order valence-corrected chi connectivity index (χ4v) is 5.10. The molecule has 1 fully saturated rings. The lowest BCUT2D eigenvalue weighted by Crippen LogP contribution is -2.24. The first kappa shape index (κ1) is 19.3. The van der Waals surface area contributed by atoms with Crippen molar-refractivity contribution in [3.05, 3.63) is 44.8 Å². The molecule has 2 aromatic rings. The number of nitrogens with one attached hydrogen (secondary N) is 1. The van der Waals surface area contributed by atoms with Crippen molar-refractivity contribution in [2.24, 2.45) is 0 Å². The second kappa shape index (κ2) is 7.26. The summed E-state index contributed by atoms with van der Waals surface area (Å²) in [5, 5.41) is 10.2. The van der Waals surface area contributed by atoms with E-state index < -0.39 is 15.8 Å². The molecule has 1 saturated heterocycles. The number of nitrogens with zero attached hydrogens (tertiary/aromatic N) is 1. The van der Waals surface area contributed by atoms with Crippen LogP contribution in [0.4, 0.5) is 11.4 Å². The number of carbonyl (C=O) groups is 1. The van der Waals surface area contributed by atoms with Crippen molar-refractivity contribution < 1.29 is 18.3 Å². The van der Waals surface area contributed by atoms with Gasteiger partial charge in [0.05, 0.1) is 10.7 Å². The highest BCUT2D eigenvalue weighted by atomic mass is 79.9. The maximum Gasteiger partial charge on any atom is 0.265 e. The molecule has 1 aliphatic heterocycles. The van der Waals surface area contributed by atoms with E-state index in [1.165, 1.54) is 24.3 Å². The van der Waals surface area contributed by atoms with Crippen LogP contribution in [0.15, 0.2) is 39.7 Å². The van der Waals surface area contributed by atoms with Crippen LogP contribution in [-0.4, -0.2) is 26.0 Å². The smallest absolute Gasteiger partial charge is 0.265 e. The van der Waals surface area contributed by atoms with Gasteiger partial charge in [-0.3, -0.25) is 9.52 Å². The molecule has 2 aromatic carbocycles. The van der Waals surface area contributed by atoms with Gasteiger partial charge in [0.2, 0.25) is 5.91 Å². The van der Waals surface area contributed by atoms with Crippen LogP contribution in [0.1, 0.15) is 12.8 Å². The van der Waals surface area contributed by atoms with Gasteiger partial charge in [-0.15, -0.1) is 0 Å². The van der Waals surface area contributed by atoms with Gasteiger partial charge in [-0.05, 0) is 36.8 Å². The molecule has 0 aromatic heterocycles. The molecule has 0 saturated carbocycles. The first-order valence-corrected chi connectivity index (χ1v) is 10.5. The average Bonchev–Trinajstić information content (AvgIpc) is 2.95. The molecular weight excluding hydrogens is 467 g/mol. The highest BCUT2D eigenvalue weighted by Gasteiger charge is 2.25. The minimum absolute atomic E-state index is 0.0440. The summed E-state index contributed by atoms with van der Waals surface area (Å²) in [6.45, 7) is 0.549. The molecular formula is C16H13BrCl2N2O4S. The number of anilines is 2. The Morgan fingerprint density at radius 1 is 1.15 bits per heavy atom. The topological polar surface area (TPSA) is 86.7 Å². The highest BCUT2D eigenvalue weighted by Crippen LogP contribution is 2.36. The average molecular weight is 480 g/mol. The molecule has 1 heterocycles. The van der Waals surface area contributed by atoms with E-state index in [1.807, 2.05) is 0 Å². The number of phenolic OH excluding ortho intramolecular Hbond substituents is 1. The molecule has 0 bridgehead atoms. The number of amides is 1. The van der Waals surface area contributed by atoms with E-state index in [9.17, 15) is 18.3 Å². The van der Waals surface area contributed by atoms with Crippen molar-refractivity contribution >= 4 is 66.4 Å². The van der Waals surface area contributed by atoms with Gasteiger partial charge in [0, 0.05) is 28.1 Å². The van der Waals surface area contributed by atoms with Crippen LogP contribution in [-0.2, 0) is 14.8 Å². The molecule has 2 N–H and O–H groups in total. The van der Waals surface area contributed by atoms with Gasteiger partial charge in [0.1, 0.15) is 4.90 Å². The summed E-state index contributed by atoms with van der Waals surface area (Å²) in [5.41, 5.74) is 0.678. The lowest BCUT2D eigenvalue weighted by molar-refractivity contribution is -0.117. The van der Waals surface area contributed by atoms with Crippen molar-refractivity contribution in [3.8, 4) is 5.75 Å². The third-order valence-electron chi connectivity index (χ3n) is 3.80. The maximum atomic E-state index is 12.7. The SMILES string of the molecule is O=C1CCCN1c1cc(Cl)cc(NS(=O)(=O)c2cc(Br)cc(Cl)c2O)c1. The Hall–Kier alpha value is -1.48. The lowest BCUT2D eigenvalue weighted by Gasteiger charge is -2.18. The number of rotatable bonds is 4. The van der Waals surface area contributed by atoms with Crippen molar-refractivity contribution in [1.82, 2.24) is 0 Å². The number of aromatic hydroxyl groups is 1. The number of hydrogen-bond acceptors (Lipinski definition) is 4. The second-order valence-electron chi connectivity index (χ2n) is 5.69. The Labute approximate surface area is 168 Å². The predicted octanol–water partition coefficient (Wildman–Crippen LogP) is 4.39. The quantitative estimate of drug-likeness (QED) is 0.680. The molecule has 1 aliphatic rings. The summed E-state index contributed by atoms with van der Waals surface area (Å²) in [7, 11) is -4.14. The maximum absolute atomic E-state index is 12.7. The van der Waals surface area contributed by atoms with Gasteiger partial charge in [0.25, 0.3) is 10.0 Å². The van der Waals surface area contributed by atoms with Crippen LogP contribution in [0.25, 0.3) is 0 Å². The Morgan fingerprint density at radius 3 is 2.54 bits per heavy atom. The second-order valence-corrected chi connectivity index (χ2v) is 9.10. The molecule has 26 heavy (non-hydrogen) atoms. The highest BCUT2D eigenvalue weighted by molar-refractivity contribution is 9.10. The molecule has 0 unspecified atom stereocenters. The first-order chi connectivity index (χ1) is 12.2. The molecule has 138 valence electrons. The summed E-state index contributed by atoms with van der Waals surface area (Å²) in [6, 6.07) is 7.14. The van der Waals surface area contributed by atoms with Gasteiger partial charge >= 0.3 is 0 Å². The minimum Gasteiger partial charge on any atom is -0.505 e. The number of hydrogen-bond donors (Lipinski definition) is 2. The van der Waals surface area contributed by atoms with E-state index in [2.05, 4.69) is 20.7 Å². The Kier molecular flexibility index (Phi) is 5.39. The van der Waals surface area contributed by atoms with Crippen LogP contribution < -0.4 is 9.62 Å². The number of benzene rings is 2. The molecule has 0 radical (unpaired) electrons. The van der Waals surface area contributed by atoms with E-state index in [0.717, 1.165) is 6.42 Å². The van der Waals surface area contributed by atoms with Crippen LogP contribution in [0, 0.1) is 0 Å². The Bertz CT molecular complexity index is 998. The van der Waals surface area contributed by atoms with Crippen LogP contribution in [0.2, 0.25) is 10.0 Å². The fraction of sp³-hybridized carbons (Fsp3) is 0.188. The summed E-state index contributed by atoms with van der Waals surface area (Å²) >= 11 is 15.1. The third kappa shape index (κ3) is 3.93. The van der Waals surface area contributed by atoms with Gasteiger partial charge in [0.15, 0.2) is 5.75 Å². The molecule has 3 rings (SSSR count). The van der Waals surface area contributed by atoms with Crippen molar-refractivity contribution in [1.29, 1.82) is 0 Å². The first-order valence-electron chi connectivity index (χ1n) is 7.49. The number of sulfonamides is 1. The standard InChI is InChI=1S/C16H13BrCl2N2O4S/c17-9-4-13(19)16(23)14(5-9)26(24,25)20-11-6-10(18)7-12(8-11)21-3-1-2-15(21)22/h4-8,20,23H,1-3H2. The number of carbonyl (C=O) groups excluding carboxylic acids is 1. The summed E-state index contributed by atoms with van der Waals surface area (Å²) in [5.74, 6) is -0.600. The molecule has 6 nitrogen and oxygen atoms in total. The van der Waals surface area contributed by atoms with Gasteiger partial charge < -0.3 is 10.0 Å². The van der Waals surface area contributed by atoms with Gasteiger partial charge in [-0.25, -0.2) is 8.42 Å². The van der Waals surface area contributed by atoms with E-state index in [1.54, 1.807) is 11.0 Å². The minimum atomic E-state index is -4.14. The van der Waals surface area contributed by atoms with Crippen LogP contribution in [0.3, 0.4) is 0 Å². The fourth-order valence-electron chi connectivity index (χ4n) is 2.67. The van der Waals surface area contributed by atoms with Crippen LogP contribution >= 0.6 is 39.1 Å². The molecule has 0 atom stereocenters. The lowest BCUT2D eigenvalue weighted by atomic mass is 10.2. The van der Waals surface area contributed by atoms with Crippen LogP contribution in [0.5, 0.6) is 5.75 Å². The molecule has 10 heteroatoms. The zero-order valence-electron chi connectivity index (χ0n) is 13.2. The predicted molar refractivity (Wildman–Crippen MR) is 105 cm³/mol. The summed E-state index contributed by atoms with van der Waals surface area (Å²) in [4.78, 5) is 13.1. The van der Waals surface area contributed by atoms with Gasteiger partial charge in [-0.2, -0.15) is 0 Å². The van der Waals surface area contributed by atoms with Crippen molar-refractivity contribution in [2.45, 2.75) is 17.7 Å². The van der Waals surface area contributed by atoms with E-state index in [-0.39, 0.29) is 26.5 Å².